The van der Waals surface area contributed by atoms with Gasteiger partial charge in [-0.05, 0) is 47.0 Å². The molecular weight excluding hydrogens is 340 g/mol. The number of hydrogen-bond acceptors (Lipinski definition) is 6. The first-order valence-electron chi connectivity index (χ1n) is 9.24. The zero-order valence-corrected chi connectivity index (χ0v) is 16.0. The fourth-order valence-corrected chi connectivity index (χ4v) is 2.98. The summed E-state index contributed by atoms with van der Waals surface area (Å²) >= 11 is 0. The maximum atomic E-state index is 12.4. The number of carbonyl (C=O) groups is 4. The third kappa shape index (κ3) is 6.65. The Kier molecular flexibility index (Phi) is 9.09. The first kappa shape index (κ1) is 21.9. The third-order valence-electron chi connectivity index (χ3n) is 4.41. The van der Waals surface area contributed by atoms with E-state index in [0.29, 0.717) is 19.3 Å². The van der Waals surface area contributed by atoms with Gasteiger partial charge in [0.15, 0.2) is 0 Å². The van der Waals surface area contributed by atoms with Crippen LogP contribution in [0.1, 0.15) is 53.4 Å². The molecule has 0 heterocycles. The summed E-state index contributed by atoms with van der Waals surface area (Å²) in [6.07, 6.45) is 2.46. The van der Waals surface area contributed by atoms with E-state index >= 15 is 0 Å². The van der Waals surface area contributed by atoms with Crippen LogP contribution in [-0.2, 0) is 28.7 Å². The van der Waals surface area contributed by atoms with Crippen molar-refractivity contribution >= 4 is 23.8 Å². The summed E-state index contributed by atoms with van der Waals surface area (Å²) in [6.45, 7) is 7.06. The number of hydrogen-bond donors (Lipinski definition) is 2. The minimum atomic E-state index is -0.722. The van der Waals surface area contributed by atoms with Crippen molar-refractivity contribution in [3.63, 3.8) is 0 Å². The van der Waals surface area contributed by atoms with Crippen LogP contribution in [0, 0.1) is 11.8 Å². The fraction of sp³-hybridized carbons (Fsp3) is 0.778. The average Bonchev–Trinajstić information content (AvgIpc) is 2.61. The fourth-order valence-electron chi connectivity index (χ4n) is 2.98. The van der Waals surface area contributed by atoms with E-state index in [-0.39, 0.29) is 36.9 Å². The molecule has 0 unspecified atom stereocenters. The van der Waals surface area contributed by atoms with Gasteiger partial charge >= 0.3 is 11.9 Å². The van der Waals surface area contributed by atoms with Crippen LogP contribution in [0.5, 0.6) is 0 Å². The Hall–Kier alpha value is -2.12. The van der Waals surface area contributed by atoms with Crippen LogP contribution >= 0.6 is 0 Å². The summed E-state index contributed by atoms with van der Waals surface area (Å²) in [6, 6.07) is -1.44. The van der Waals surface area contributed by atoms with Crippen molar-refractivity contribution < 1.29 is 28.7 Å². The zero-order chi connectivity index (χ0) is 19.7. The van der Waals surface area contributed by atoms with E-state index in [1.54, 1.807) is 27.7 Å². The van der Waals surface area contributed by atoms with Gasteiger partial charge in [0.1, 0.15) is 12.1 Å². The van der Waals surface area contributed by atoms with Gasteiger partial charge in [0.05, 0.1) is 13.2 Å². The molecule has 8 nitrogen and oxygen atoms in total. The number of carbonyl (C=O) groups excluding carboxylic acids is 4. The Morgan fingerprint density at radius 2 is 1.23 bits per heavy atom. The van der Waals surface area contributed by atoms with E-state index < -0.39 is 24.0 Å². The van der Waals surface area contributed by atoms with Gasteiger partial charge in [-0.1, -0.05) is 6.42 Å². The second-order valence-electron chi connectivity index (χ2n) is 6.53. The molecule has 8 heteroatoms. The molecule has 0 aromatic heterocycles. The molecule has 148 valence electrons. The summed E-state index contributed by atoms with van der Waals surface area (Å²) in [5, 5.41) is 5.30. The average molecular weight is 370 g/mol. The summed E-state index contributed by atoms with van der Waals surface area (Å²) in [5.74, 6) is -2.13. The first-order chi connectivity index (χ1) is 12.3. The van der Waals surface area contributed by atoms with Crippen molar-refractivity contribution in [3.05, 3.63) is 0 Å². The van der Waals surface area contributed by atoms with E-state index in [2.05, 4.69) is 10.6 Å². The molecule has 0 bridgehead atoms. The van der Waals surface area contributed by atoms with Gasteiger partial charge in [-0.3, -0.25) is 9.59 Å². The molecule has 0 saturated heterocycles. The molecule has 4 atom stereocenters. The van der Waals surface area contributed by atoms with Gasteiger partial charge in [-0.15, -0.1) is 0 Å². The topological polar surface area (TPSA) is 111 Å². The molecule has 1 aliphatic carbocycles. The smallest absolute Gasteiger partial charge is 0.328 e. The van der Waals surface area contributed by atoms with Crippen molar-refractivity contribution in [2.45, 2.75) is 65.5 Å². The molecule has 1 fully saturated rings. The highest BCUT2D eigenvalue weighted by Gasteiger charge is 2.33. The molecule has 0 radical (unpaired) electrons. The van der Waals surface area contributed by atoms with Crippen LogP contribution in [0.2, 0.25) is 0 Å². The van der Waals surface area contributed by atoms with Crippen LogP contribution in [0.25, 0.3) is 0 Å². The quantitative estimate of drug-likeness (QED) is 0.615. The lowest BCUT2D eigenvalue weighted by Gasteiger charge is -2.29. The zero-order valence-electron chi connectivity index (χ0n) is 16.0. The largest absolute Gasteiger partial charge is 0.464 e. The molecule has 26 heavy (non-hydrogen) atoms. The standard InChI is InChI=1S/C18H30N2O6/c1-5-25-17(23)11(3)19-15(21)13-8-7-9-14(10-13)16(22)20-12(4)18(24)26-6-2/h11-14H,5-10H2,1-4H3,(H,19,21)(H,20,22)/t11-,12-,13-,14+/m0/s1. The van der Waals surface area contributed by atoms with Crippen LogP contribution in [0.4, 0.5) is 0 Å². The third-order valence-corrected chi connectivity index (χ3v) is 4.41. The van der Waals surface area contributed by atoms with Crippen molar-refractivity contribution in [1.29, 1.82) is 0 Å². The number of ether oxygens (including phenoxy) is 2. The van der Waals surface area contributed by atoms with Crippen LogP contribution in [0.15, 0.2) is 0 Å². The van der Waals surface area contributed by atoms with Gasteiger partial charge in [0.2, 0.25) is 11.8 Å². The lowest BCUT2D eigenvalue weighted by molar-refractivity contribution is -0.148. The van der Waals surface area contributed by atoms with Gasteiger partial charge in [-0.25, -0.2) is 9.59 Å². The monoisotopic (exact) mass is 370 g/mol. The van der Waals surface area contributed by atoms with Gasteiger partial charge in [-0.2, -0.15) is 0 Å². The van der Waals surface area contributed by atoms with Crippen LogP contribution in [0.3, 0.4) is 0 Å². The van der Waals surface area contributed by atoms with E-state index in [1.807, 2.05) is 0 Å². The lowest BCUT2D eigenvalue weighted by Crippen LogP contribution is -2.46. The molecule has 1 saturated carbocycles. The Balaban J connectivity index is 2.54. The Bertz CT molecular complexity index is 478. The molecule has 1 aliphatic rings. The minimum absolute atomic E-state index is 0.249. The molecule has 0 aliphatic heterocycles. The summed E-state index contributed by atoms with van der Waals surface area (Å²) in [7, 11) is 0. The normalized spacial score (nSPS) is 21.8. The highest BCUT2D eigenvalue weighted by Crippen LogP contribution is 2.29. The summed E-state index contributed by atoms with van der Waals surface area (Å²) in [5.41, 5.74) is 0. The van der Waals surface area contributed by atoms with Crippen LogP contribution < -0.4 is 10.6 Å². The van der Waals surface area contributed by atoms with Gasteiger partial charge in [0.25, 0.3) is 0 Å². The second-order valence-corrected chi connectivity index (χ2v) is 6.53. The first-order valence-corrected chi connectivity index (χ1v) is 9.24. The Morgan fingerprint density at radius 1 is 0.846 bits per heavy atom. The van der Waals surface area contributed by atoms with Crippen molar-refractivity contribution in [1.82, 2.24) is 10.6 Å². The summed E-state index contributed by atoms with van der Waals surface area (Å²) < 4.78 is 9.75. The van der Waals surface area contributed by atoms with Gasteiger partial charge in [0, 0.05) is 11.8 Å². The molecule has 1 rings (SSSR count). The number of amides is 2. The maximum absolute atomic E-state index is 12.4. The SMILES string of the molecule is CCOC(=O)[C@H](C)NC(=O)[C@@H]1CCC[C@H](C(=O)N[C@@H](C)C(=O)OCC)C1. The van der Waals surface area contributed by atoms with Crippen molar-refractivity contribution in [2.24, 2.45) is 11.8 Å². The predicted octanol–water partition coefficient (Wildman–Crippen LogP) is 0.928. The van der Waals surface area contributed by atoms with Crippen molar-refractivity contribution in [2.75, 3.05) is 13.2 Å². The highest BCUT2D eigenvalue weighted by atomic mass is 16.5. The maximum Gasteiger partial charge on any atom is 0.328 e. The van der Waals surface area contributed by atoms with E-state index in [1.165, 1.54) is 0 Å². The molecule has 0 aromatic carbocycles. The minimum Gasteiger partial charge on any atom is -0.464 e. The lowest BCUT2D eigenvalue weighted by atomic mass is 9.80. The highest BCUT2D eigenvalue weighted by molar-refractivity contribution is 5.88. The Labute approximate surface area is 154 Å². The van der Waals surface area contributed by atoms with Gasteiger partial charge < -0.3 is 20.1 Å². The van der Waals surface area contributed by atoms with E-state index in [9.17, 15) is 19.2 Å². The number of esters is 2. The molecule has 2 N–H and O–H groups in total. The number of rotatable bonds is 8. The van der Waals surface area contributed by atoms with E-state index in [0.717, 1.165) is 6.42 Å². The predicted molar refractivity (Wildman–Crippen MR) is 93.9 cm³/mol. The number of nitrogens with one attached hydrogen (secondary N) is 2. The molecular formula is C18H30N2O6. The van der Waals surface area contributed by atoms with Crippen LogP contribution in [-0.4, -0.2) is 49.1 Å². The van der Waals surface area contributed by atoms with E-state index in [4.69, 9.17) is 9.47 Å². The molecule has 0 aromatic rings. The van der Waals surface area contributed by atoms with Crippen molar-refractivity contribution in [3.8, 4) is 0 Å². The second kappa shape index (κ2) is 10.8. The Morgan fingerprint density at radius 3 is 1.58 bits per heavy atom. The summed E-state index contributed by atoms with van der Waals surface area (Å²) in [4.78, 5) is 48.0. The molecule has 0 spiro atoms. The molecule has 2 amide bonds.